The molecular formula is C28H25N5O4S. The van der Waals surface area contributed by atoms with E-state index in [1.165, 1.54) is 29.2 Å². The van der Waals surface area contributed by atoms with Crippen molar-refractivity contribution in [1.29, 1.82) is 0 Å². The number of nitrogens with one attached hydrogen (secondary N) is 1. The third-order valence-electron chi connectivity index (χ3n) is 7.27. The lowest BCUT2D eigenvalue weighted by molar-refractivity contribution is 0.0648. The number of likely N-dealkylation sites (N-methyl/N-ethyl adjacent to an activating group) is 2. The van der Waals surface area contributed by atoms with Gasteiger partial charge in [0.25, 0.3) is 5.56 Å². The van der Waals surface area contributed by atoms with Gasteiger partial charge in [0.15, 0.2) is 11.5 Å². The van der Waals surface area contributed by atoms with Crippen LogP contribution in [0.4, 0.5) is 4.79 Å². The third-order valence-corrected chi connectivity index (χ3v) is 8.24. The second-order valence-electron chi connectivity index (χ2n) is 9.20. The van der Waals surface area contributed by atoms with E-state index < -0.39 is 11.3 Å². The standard InChI is InChI=1S/C28H25N5O4S/c1-31-26(36)32(2)28(20-12-8-5-9-13-20)27(31,19-10-6-4-7-11-19)29-25-33(30-28)24(35)23(38-25)17-18-14-15-22(37-3)21(34)16-18/h4-17,30,34H,1-3H3/b23-17+/t27-,28+/m0/s1. The molecule has 1 aromatic heterocycles. The van der Waals surface area contributed by atoms with Crippen molar-refractivity contribution in [2.45, 2.75) is 11.3 Å². The number of thiazole rings is 1. The lowest BCUT2D eigenvalue weighted by Gasteiger charge is -2.49. The highest BCUT2D eigenvalue weighted by atomic mass is 32.1. The Bertz CT molecular complexity index is 1740. The number of phenolic OH excluding ortho intramolecular Hbond substituents is 1. The molecule has 0 spiro atoms. The summed E-state index contributed by atoms with van der Waals surface area (Å²) in [6, 6.07) is 23.9. The molecule has 0 unspecified atom stereocenters. The van der Waals surface area contributed by atoms with Crippen LogP contribution in [-0.2, 0) is 11.3 Å². The Hall–Kier alpha value is -4.57. The van der Waals surface area contributed by atoms with Crippen molar-refractivity contribution >= 4 is 23.4 Å². The molecule has 1 fully saturated rings. The van der Waals surface area contributed by atoms with Gasteiger partial charge in [-0.3, -0.25) is 20.0 Å². The predicted molar refractivity (Wildman–Crippen MR) is 144 cm³/mol. The highest BCUT2D eigenvalue weighted by Gasteiger charge is 2.69. The number of phenols is 1. The molecule has 10 heteroatoms. The average molecular weight is 528 g/mol. The average Bonchev–Trinajstić information content (AvgIpc) is 3.33. The van der Waals surface area contributed by atoms with E-state index in [0.29, 0.717) is 20.6 Å². The van der Waals surface area contributed by atoms with Crippen LogP contribution in [0.25, 0.3) is 6.08 Å². The number of ether oxygens (including phenoxy) is 1. The molecule has 2 atom stereocenters. The van der Waals surface area contributed by atoms with Crippen LogP contribution in [0.2, 0.25) is 0 Å². The lowest BCUT2D eigenvalue weighted by Crippen LogP contribution is -2.67. The number of aromatic nitrogens is 1. The highest BCUT2D eigenvalue weighted by Crippen LogP contribution is 2.53. The minimum atomic E-state index is -1.23. The van der Waals surface area contributed by atoms with E-state index in [4.69, 9.17) is 9.73 Å². The minimum absolute atomic E-state index is 0.0205. The third kappa shape index (κ3) is 3.07. The number of carbonyl (C=O) groups excluding carboxylic acids is 1. The fourth-order valence-corrected chi connectivity index (χ4v) is 6.43. The molecule has 2 aliphatic heterocycles. The van der Waals surface area contributed by atoms with Gasteiger partial charge in [-0.25, -0.2) is 9.79 Å². The van der Waals surface area contributed by atoms with Gasteiger partial charge in [-0.2, -0.15) is 4.68 Å². The summed E-state index contributed by atoms with van der Waals surface area (Å²) in [4.78, 5) is 36.2. The van der Waals surface area contributed by atoms with Crippen LogP contribution >= 0.6 is 11.3 Å². The van der Waals surface area contributed by atoms with Gasteiger partial charge in [-0.05, 0) is 23.8 Å². The van der Waals surface area contributed by atoms with Crippen LogP contribution in [0.1, 0.15) is 16.7 Å². The van der Waals surface area contributed by atoms with E-state index in [1.807, 2.05) is 60.7 Å². The van der Waals surface area contributed by atoms with Gasteiger partial charge in [-0.15, -0.1) is 0 Å². The number of amides is 2. The van der Waals surface area contributed by atoms with Gasteiger partial charge in [0.05, 0.1) is 11.6 Å². The molecule has 2 aliphatic rings. The summed E-state index contributed by atoms with van der Waals surface area (Å²) in [5.41, 5.74) is 2.91. The molecule has 2 N–H and O–H groups in total. The second-order valence-corrected chi connectivity index (χ2v) is 10.2. The molecule has 3 heterocycles. The summed E-state index contributed by atoms with van der Waals surface area (Å²) >= 11 is 1.21. The number of hydrogen-bond acceptors (Lipinski definition) is 7. The molecule has 192 valence electrons. The lowest BCUT2D eigenvalue weighted by atomic mass is 9.80. The molecule has 38 heavy (non-hydrogen) atoms. The molecule has 9 nitrogen and oxygen atoms in total. The number of hydrogen-bond donors (Lipinski definition) is 2. The van der Waals surface area contributed by atoms with E-state index in [1.54, 1.807) is 42.1 Å². The normalized spacial score (nSPS) is 22.5. The Labute approximate surface area is 222 Å². The predicted octanol–water partition coefficient (Wildman–Crippen LogP) is 2.33. The van der Waals surface area contributed by atoms with Crippen molar-refractivity contribution in [3.8, 4) is 11.5 Å². The molecule has 0 bridgehead atoms. The van der Waals surface area contributed by atoms with Crippen molar-refractivity contribution < 1.29 is 14.6 Å². The number of benzene rings is 3. The van der Waals surface area contributed by atoms with Gasteiger partial charge in [0, 0.05) is 25.2 Å². The zero-order valence-corrected chi connectivity index (χ0v) is 21.8. The van der Waals surface area contributed by atoms with Gasteiger partial charge in [-0.1, -0.05) is 78.1 Å². The zero-order chi connectivity index (χ0) is 26.7. The van der Waals surface area contributed by atoms with Crippen molar-refractivity contribution in [3.05, 3.63) is 115 Å². The first-order valence-corrected chi connectivity index (χ1v) is 12.8. The first-order chi connectivity index (χ1) is 18.3. The molecule has 1 saturated heterocycles. The van der Waals surface area contributed by atoms with Gasteiger partial charge < -0.3 is 9.84 Å². The van der Waals surface area contributed by atoms with Crippen LogP contribution in [0.5, 0.6) is 11.5 Å². The van der Waals surface area contributed by atoms with Crippen molar-refractivity contribution in [3.63, 3.8) is 0 Å². The second kappa shape index (κ2) is 8.49. The Balaban J connectivity index is 1.66. The largest absolute Gasteiger partial charge is 0.504 e. The monoisotopic (exact) mass is 527 g/mol. The summed E-state index contributed by atoms with van der Waals surface area (Å²) in [6.07, 6.45) is 1.70. The molecule has 3 aromatic carbocycles. The number of methoxy groups -OCH3 is 1. The van der Waals surface area contributed by atoms with Crippen molar-refractivity contribution in [2.75, 3.05) is 26.6 Å². The van der Waals surface area contributed by atoms with Crippen LogP contribution in [0.3, 0.4) is 0 Å². The van der Waals surface area contributed by atoms with Gasteiger partial charge in [0.2, 0.25) is 16.1 Å². The molecule has 0 aliphatic carbocycles. The molecule has 0 saturated carbocycles. The summed E-state index contributed by atoms with van der Waals surface area (Å²) in [5.74, 6) is 0.326. The van der Waals surface area contributed by atoms with E-state index in [2.05, 4.69) is 5.43 Å². The SMILES string of the molecule is COc1ccc(/C=c2/sc3n(c2=O)N[C@]2(c4ccccc4)N(C)C(=O)N(C)[C@]2(c2ccccc2)N=3)cc1O. The summed E-state index contributed by atoms with van der Waals surface area (Å²) in [6.45, 7) is 0. The Morgan fingerprint density at radius 2 is 1.61 bits per heavy atom. The van der Waals surface area contributed by atoms with E-state index >= 15 is 0 Å². The van der Waals surface area contributed by atoms with E-state index in [-0.39, 0.29) is 17.3 Å². The Morgan fingerprint density at radius 1 is 0.947 bits per heavy atom. The molecule has 0 radical (unpaired) electrons. The number of rotatable bonds is 4. The summed E-state index contributed by atoms with van der Waals surface area (Å²) in [7, 11) is 4.93. The van der Waals surface area contributed by atoms with Crippen LogP contribution in [0, 0.1) is 0 Å². The minimum Gasteiger partial charge on any atom is -0.504 e. The maximum absolute atomic E-state index is 13.7. The fraction of sp³-hybridized carbons (Fsp3) is 0.179. The van der Waals surface area contributed by atoms with E-state index in [9.17, 15) is 14.7 Å². The summed E-state index contributed by atoms with van der Waals surface area (Å²) in [5, 5.41) is 10.2. The molecule has 6 rings (SSSR count). The van der Waals surface area contributed by atoms with Gasteiger partial charge >= 0.3 is 6.03 Å². The maximum Gasteiger partial charge on any atom is 0.324 e. The van der Waals surface area contributed by atoms with Crippen LogP contribution < -0.4 is 25.1 Å². The quantitative estimate of drug-likeness (QED) is 0.425. The molecule has 4 aromatic rings. The number of carbonyl (C=O) groups is 1. The molecular weight excluding hydrogens is 502 g/mol. The van der Waals surface area contributed by atoms with E-state index in [0.717, 1.165) is 11.1 Å². The Kier molecular flexibility index (Phi) is 5.32. The molecule has 2 amide bonds. The maximum atomic E-state index is 13.7. The van der Waals surface area contributed by atoms with Crippen LogP contribution in [-0.4, -0.2) is 46.8 Å². The number of fused-ring (bicyclic) bond motifs is 2. The van der Waals surface area contributed by atoms with Crippen molar-refractivity contribution in [2.24, 2.45) is 4.99 Å². The summed E-state index contributed by atoms with van der Waals surface area (Å²) < 4.78 is 6.96. The van der Waals surface area contributed by atoms with Gasteiger partial charge in [0.1, 0.15) is 0 Å². The van der Waals surface area contributed by atoms with Crippen LogP contribution in [0.15, 0.2) is 88.6 Å². The number of aromatic hydroxyl groups is 1. The first-order valence-electron chi connectivity index (χ1n) is 11.9. The number of nitrogens with zero attached hydrogens (tertiary/aromatic N) is 4. The number of urea groups is 1. The highest BCUT2D eigenvalue weighted by molar-refractivity contribution is 7.07. The Morgan fingerprint density at radius 3 is 2.24 bits per heavy atom. The zero-order valence-electron chi connectivity index (χ0n) is 21.0. The topological polar surface area (TPSA) is 99.4 Å². The van der Waals surface area contributed by atoms with Crippen molar-refractivity contribution in [1.82, 2.24) is 14.5 Å². The fourth-order valence-electron chi connectivity index (χ4n) is 5.46. The first kappa shape index (κ1) is 23.8. The smallest absolute Gasteiger partial charge is 0.324 e.